The minimum absolute atomic E-state index is 0.623. The summed E-state index contributed by atoms with van der Waals surface area (Å²) >= 11 is 4.85. The van der Waals surface area contributed by atoms with Gasteiger partial charge < -0.3 is 15.5 Å². The van der Waals surface area contributed by atoms with Gasteiger partial charge in [-0.2, -0.15) is 0 Å². The van der Waals surface area contributed by atoms with Crippen LogP contribution in [0, 0.1) is 0 Å². The molecule has 82 valence electrons. The van der Waals surface area contributed by atoms with Gasteiger partial charge in [0.2, 0.25) is 0 Å². The van der Waals surface area contributed by atoms with E-state index in [1.807, 2.05) is 0 Å². The standard InChI is InChI=1S/C10H21N3S/c1-12(7-4-10(11)14)8-9-13-5-2-3-6-13/h2-9H2,1H3,(H2,11,14). The van der Waals surface area contributed by atoms with Crippen molar-refractivity contribution in [2.45, 2.75) is 19.3 Å². The number of hydrogen-bond donors (Lipinski definition) is 1. The Labute approximate surface area is 92.2 Å². The lowest BCUT2D eigenvalue weighted by Crippen LogP contribution is -2.33. The minimum atomic E-state index is 0.623. The number of likely N-dealkylation sites (N-methyl/N-ethyl adjacent to an activating group) is 1. The molecule has 1 fully saturated rings. The number of nitrogens with two attached hydrogens (primary N) is 1. The normalized spacial score (nSPS) is 17.9. The summed E-state index contributed by atoms with van der Waals surface area (Å²) in [5, 5.41) is 0. The molecule has 0 spiro atoms. The predicted molar refractivity (Wildman–Crippen MR) is 64.6 cm³/mol. The molecule has 3 nitrogen and oxygen atoms in total. The summed E-state index contributed by atoms with van der Waals surface area (Å²) in [5.41, 5.74) is 5.45. The molecule has 1 rings (SSSR count). The van der Waals surface area contributed by atoms with Gasteiger partial charge in [0.1, 0.15) is 0 Å². The van der Waals surface area contributed by atoms with Crippen LogP contribution in [0.25, 0.3) is 0 Å². The molecule has 0 bridgehead atoms. The second-order valence-corrected chi connectivity index (χ2v) is 4.59. The van der Waals surface area contributed by atoms with Crippen LogP contribution in [0.5, 0.6) is 0 Å². The van der Waals surface area contributed by atoms with E-state index < -0.39 is 0 Å². The van der Waals surface area contributed by atoms with Crippen LogP contribution >= 0.6 is 12.2 Å². The van der Waals surface area contributed by atoms with Gasteiger partial charge in [-0.05, 0) is 33.0 Å². The molecular formula is C10H21N3S. The second-order valence-electron chi connectivity index (χ2n) is 4.07. The van der Waals surface area contributed by atoms with Crippen molar-refractivity contribution < 1.29 is 0 Å². The Hall–Kier alpha value is -0.190. The molecule has 0 radical (unpaired) electrons. The molecule has 0 amide bonds. The zero-order valence-corrected chi connectivity index (χ0v) is 9.85. The highest BCUT2D eigenvalue weighted by Crippen LogP contribution is 2.06. The summed E-state index contributed by atoms with van der Waals surface area (Å²) in [6, 6.07) is 0. The Bertz CT molecular complexity index is 178. The topological polar surface area (TPSA) is 32.5 Å². The van der Waals surface area contributed by atoms with Gasteiger partial charge >= 0.3 is 0 Å². The molecule has 14 heavy (non-hydrogen) atoms. The van der Waals surface area contributed by atoms with Gasteiger partial charge in [-0.3, -0.25) is 0 Å². The molecule has 1 heterocycles. The lowest BCUT2D eigenvalue weighted by molar-refractivity contribution is 0.261. The Morgan fingerprint density at radius 2 is 2.00 bits per heavy atom. The average molecular weight is 215 g/mol. The van der Waals surface area contributed by atoms with Gasteiger partial charge in [0, 0.05) is 26.1 Å². The van der Waals surface area contributed by atoms with E-state index in [-0.39, 0.29) is 0 Å². The van der Waals surface area contributed by atoms with Crippen LogP contribution < -0.4 is 5.73 Å². The molecule has 0 atom stereocenters. The quantitative estimate of drug-likeness (QED) is 0.661. The second kappa shape index (κ2) is 6.32. The molecule has 1 aliphatic heterocycles. The Morgan fingerprint density at radius 1 is 1.36 bits per heavy atom. The number of likely N-dealkylation sites (tertiary alicyclic amines) is 1. The third-order valence-electron chi connectivity index (χ3n) is 2.74. The summed E-state index contributed by atoms with van der Waals surface area (Å²) in [6.07, 6.45) is 3.58. The van der Waals surface area contributed by atoms with E-state index in [0.29, 0.717) is 4.99 Å². The van der Waals surface area contributed by atoms with Crippen LogP contribution in [0.3, 0.4) is 0 Å². The summed E-state index contributed by atoms with van der Waals surface area (Å²) in [4.78, 5) is 5.45. The van der Waals surface area contributed by atoms with Crippen LogP contribution in [0.15, 0.2) is 0 Å². The first-order chi connectivity index (χ1) is 6.68. The van der Waals surface area contributed by atoms with Crippen LogP contribution in [-0.2, 0) is 0 Å². The maximum Gasteiger partial charge on any atom is 0.0740 e. The molecular weight excluding hydrogens is 194 g/mol. The van der Waals surface area contributed by atoms with Crippen LogP contribution in [0.1, 0.15) is 19.3 Å². The van der Waals surface area contributed by atoms with Gasteiger partial charge in [0.15, 0.2) is 0 Å². The van der Waals surface area contributed by atoms with Gasteiger partial charge in [0.05, 0.1) is 4.99 Å². The lowest BCUT2D eigenvalue weighted by atomic mass is 10.4. The number of nitrogens with zero attached hydrogens (tertiary/aromatic N) is 2. The zero-order chi connectivity index (χ0) is 10.4. The molecule has 1 aliphatic rings. The Morgan fingerprint density at radius 3 is 2.57 bits per heavy atom. The number of hydrogen-bond acceptors (Lipinski definition) is 3. The summed E-state index contributed by atoms with van der Waals surface area (Å²) in [7, 11) is 2.13. The Kier molecular flexibility index (Phi) is 5.37. The van der Waals surface area contributed by atoms with E-state index in [1.54, 1.807) is 0 Å². The number of rotatable bonds is 6. The van der Waals surface area contributed by atoms with Gasteiger partial charge in [-0.1, -0.05) is 12.2 Å². The largest absolute Gasteiger partial charge is 0.393 e. The Balaban J connectivity index is 2.02. The molecule has 0 aliphatic carbocycles. The molecule has 4 heteroatoms. The van der Waals surface area contributed by atoms with Crippen molar-refractivity contribution in [3.05, 3.63) is 0 Å². The summed E-state index contributed by atoms with van der Waals surface area (Å²) in [5.74, 6) is 0. The first kappa shape index (κ1) is 11.9. The van der Waals surface area contributed by atoms with Crippen molar-refractivity contribution in [2.75, 3.05) is 39.8 Å². The van der Waals surface area contributed by atoms with Gasteiger partial charge in [-0.25, -0.2) is 0 Å². The zero-order valence-electron chi connectivity index (χ0n) is 9.04. The van der Waals surface area contributed by atoms with E-state index in [2.05, 4.69) is 16.8 Å². The van der Waals surface area contributed by atoms with E-state index >= 15 is 0 Å². The molecule has 0 aromatic carbocycles. The van der Waals surface area contributed by atoms with E-state index in [4.69, 9.17) is 18.0 Å². The van der Waals surface area contributed by atoms with Crippen molar-refractivity contribution >= 4 is 17.2 Å². The highest BCUT2D eigenvalue weighted by Gasteiger charge is 2.11. The van der Waals surface area contributed by atoms with E-state index in [0.717, 1.165) is 19.5 Å². The van der Waals surface area contributed by atoms with E-state index in [1.165, 1.54) is 32.5 Å². The fraction of sp³-hybridized carbons (Fsp3) is 0.900. The molecule has 0 unspecified atom stereocenters. The van der Waals surface area contributed by atoms with Crippen molar-refractivity contribution in [2.24, 2.45) is 5.73 Å². The molecule has 1 saturated heterocycles. The van der Waals surface area contributed by atoms with E-state index in [9.17, 15) is 0 Å². The molecule has 2 N–H and O–H groups in total. The summed E-state index contributed by atoms with van der Waals surface area (Å²) < 4.78 is 0. The monoisotopic (exact) mass is 215 g/mol. The maximum atomic E-state index is 5.45. The third kappa shape index (κ3) is 4.88. The fourth-order valence-corrected chi connectivity index (χ4v) is 1.82. The smallest absolute Gasteiger partial charge is 0.0740 e. The first-order valence-corrected chi connectivity index (χ1v) is 5.78. The molecule has 0 aromatic heterocycles. The highest BCUT2D eigenvalue weighted by molar-refractivity contribution is 7.80. The lowest BCUT2D eigenvalue weighted by Gasteiger charge is -2.20. The fourth-order valence-electron chi connectivity index (χ4n) is 1.73. The average Bonchev–Trinajstić information content (AvgIpc) is 2.63. The molecule has 0 aromatic rings. The first-order valence-electron chi connectivity index (χ1n) is 5.37. The maximum absolute atomic E-state index is 5.45. The van der Waals surface area contributed by atoms with Crippen molar-refractivity contribution in [3.63, 3.8) is 0 Å². The van der Waals surface area contributed by atoms with Crippen LogP contribution in [0.2, 0.25) is 0 Å². The van der Waals surface area contributed by atoms with Crippen LogP contribution in [-0.4, -0.2) is 54.6 Å². The van der Waals surface area contributed by atoms with Gasteiger partial charge in [0.25, 0.3) is 0 Å². The number of thiocarbonyl (C=S) groups is 1. The third-order valence-corrected chi connectivity index (χ3v) is 2.94. The van der Waals surface area contributed by atoms with Crippen molar-refractivity contribution in [3.8, 4) is 0 Å². The minimum Gasteiger partial charge on any atom is -0.393 e. The molecule has 0 saturated carbocycles. The van der Waals surface area contributed by atoms with Crippen LogP contribution in [0.4, 0.5) is 0 Å². The van der Waals surface area contributed by atoms with Gasteiger partial charge in [-0.15, -0.1) is 0 Å². The summed E-state index contributed by atoms with van der Waals surface area (Å²) in [6.45, 7) is 5.87. The van der Waals surface area contributed by atoms with Crippen molar-refractivity contribution in [1.82, 2.24) is 9.80 Å². The van der Waals surface area contributed by atoms with Crippen molar-refractivity contribution in [1.29, 1.82) is 0 Å². The predicted octanol–water partition coefficient (Wildman–Crippen LogP) is 0.690. The highest BCUT2D eigenvalue weighted by atomic mass is 32.1. The SMILES string of the molecule is CN(CCC(N)=S)CCN1CCCC1.